The first kappa shape index (κ1) is 21.6. The average molecular weight is 434 g/mol. The van der Waals surface area contributed by atoms with Crippen LogP contribution in [0.3, 0.4) is 0 Å². The van der Waals surface area contributed by atoms with Gasteiger partial charge in [-0.15, -0.1) is 0 Å². The van der Waals surface area contributed by atoms with Gasteiger partial charge in [0.05, 0.1) is 23.0 Å². The molecule has 0 fully saturated rings. The predicted molar refractivity (Wildman–Crippen MR) is 115 cm³/mol. The van der Waals surface area contributed by atoms with Crippen LogP contribution in [0.1, 0.15) is 27.8 Å². The Morgan fingerprint density at radius 1 is 1.06 bits per heavy atom. The van der Waals surface area contributed by atoms with Crippen LogP contribution in [0, 0.1) is 6.92 Å². The van der Waals surface area contributed by atoms with Crippen molar-refractivity contribution in [3.63, 3.8) is 0 Å². The molecular weight excluding hydrogens is 412 g/mol. The highest BCUT2D eigenvalue weighted by Crippen LogP contribution is 2.21. The summed E-state index contributed by atoms with van der Waals surface area (Å²) in [7, 11) is 0. The molecule has 0 aliphatic carbocycles. The molecule has 0 radical (unpaired) electrons. The Bertz CT molecular complexity index is 1230. The van der Waals surface area contributed by atoms with Crippen LogP contribution in [0.15, 0.2) is 66.9 Å². The maximum atomic E-state index is 12.6. The second-order valence-electron chi connectivity index (χ2n) is 7.32. The number of hydrogen-bond donors (Lipinski definition) is 3. The third kappa shape index (κ3) is 4.50. The maximum absolute atomic E-state index is 12.6. The zero-order valence-corrected chi connectivity index (χ0v) is 17.2. The van der Waals surface area contributed by atoms with Crippen molar-refractivity contribution in [2.75, 3.05) is 6.61 Å². The number of aliphatic hydroxyl groups excluding tert-OH is 3. The summed E-state index contributed by atoms with van der Waals surface area (Å²) in [4.78, 5) is 18.3. The fourth-order valence-corrected chi connectivity index (χ4v) is 3.30. The van der Waals surface area contributed by atoms with Gasteiger partial charge < -0.3 is 20.1 Å². The summed E-state index contributed by atoms with van der Waals surface area (Å²) in [5.41, 5.74) is 2.35. The first-order chi connectivity index (χ1) is 15.4. The van der Waals surface area contributed by atoms with E-state index in [0.29, 0.717) is 27.8 Å². The molecular formula is C23H22N4O5. The van der Waals surface area contributed by atoms with Crippen molar-refractivity contribution in [2.24, 2.45) is 0 Å². The number of ether oxygens (including phenoxy) is 1. The van der Waals surface area contributed by atoms with Crippen LogP contribution in [0.2, 0.25) is 0 Å². The summed E-state index contributed by atoms with van der Waals surface area (Å²) < 4.78 is 5.21. The van der Waals surface area contributed by atoms with Gasteiger partial charge in [-0.1, -0.05) is 36.4 Å². The van der Waals surface area contributed by atoms with Crippen molar-refractivity contribution in [1.29, 1.82) is 0 Å². The first-order valence-electron chi connectivity index (χ1n) is 9.99. The van der Waals surface area contributed by atoms with Crippen molar-refractivity contribution < 1.29 is 24.9 Å². The zero-order chi connectivity index (χ0) is 22.7. The van der Waals surface area contributed by atoms with Crippen LogP contribution in [0.4, 0.5) is 0 Å². The molecule has 4 aromatic rings. The molecule has 0 saturated heterocycles. The Morgan fingerprint density at radius 2 is 1.78 bits per heavy atom. The molecule has 0 saturated carbocycles. The summed E-state index contributed by atoms with van der Waals surface area (Å²) in [5.74, 6) is -0.664. The molecule has 9 nitrogen and oxygen atoms in total. The highest BCUT2D eigenvalue weighted by atomic mass is 16.5. The number of nitrogens with zero attached hydrogens (tertiary/aromatic N) is 4. The van der Waals surface area contributed by atoms with E-state index in [9.17, 15) is 20.1 Å². The summed E-state index contributed by atoms with van der Waals surface area (Å²) in [6, 6.07) is 17.8. The maximum Gasteiger partial charge on any atom is 0.338 e. The average Bonchev–Trinajstić information content (AvgIpc) is 3.31. The lowest BCUT2D eigenvalue weighted by Gasteiger charge is -2.21. The van der Waals surface area contributed by atoms with Gasteiger partial charge in [-0.3, -0.25) is 4.98 Å². The lowest BCUT2D eigenvalue weighted by molar-refractivity contribution is -0.0824. The van der Waals surface area contributed by atoms with E-state index in [1.807, 2.05) is 24.3 Å². The number of fused-ring (bicyclic) bond motifs is 1. The number of rotatable bonds is 7. The molecule has 3 atom stereocenters. The van der Waals surface area contributed by atoms with Gasteiger partial charge in [0.2, 0.25) is 0 Å². The molecule has 0 spiro atoms. The third-order valence-corrected chi connectivity index (χ3v) is 4.97. The van der Waals surface area contributed by atoms with Gasteiger partial charge in [0, 0.05) is 11.1 Å². The number of hydrogen-bond acceptors (Lipinski definition) is 8. The summed E-state index contributed by atoms with van der Waals surface area (Å²) in [6.07, 6.45) is -3.40. The summed E-state index contributed by atoms with van der Waals surface area (Å²) in [6.45, 7) is 1.25. The highest BCUT2D eigenvalue weighted by Gasteiger charge is 2.29. The fourth-order valence-electron chi connectivity index (χ4n) is 3.30. The van der Waals surface area contributed by atoms with Crippen molar-refractivity contribution in [2.45, 2.75) is 25.2 Å². The summed E-state index contributed by atoms with van der Waals surface area (Å²) >= 11 is 0. The Balaban J connectivity index is 1.41. The molecule has 164 valence electrons. The van der Waals surface area contributed by atoms with E-state index in [1.54, 1.807) is 43.3 Å². The largest absolute Gasteiger partial charge is 0.459 e. The Morgan fingerprint density at radius 3 is 2.56 bits per heavy atom. The minimum Gasteiger partial charge on any atom is -0.459 e. The van der Waals surface area contributed by atoms with E-state index in [1.165, 1.54) is 11.0 Å². The molecule has 4 rings (SSSR count). The molecule has 2 aromatic carbocycles. The lowest BCUT2D eigenvalue weighted by atomic mass is 10.1. The summed E-state index contributed by atoms with van der Waals surface area (Å²) in [5, 5.41) is 39.9. The number of benzene rings is 2. The quantitative estimate of drug-likeness (QED) is 0.375. The Labute approximate surface area is 183 Å². The minimum atomic E-state index is -1.64. The molecule has 0 aliphatic heterocycles. The smallest absolute Gasteiger partial charge is 0.338 e. The van der Waals surface area contributed by atoms with Gasteiger partial charge in [0.15, 0.2) is 0 Å². The normalized spacial score (nSPS) is 14.1. The number of para-hydroxylation sites is 2. The van der Waals surface area contributed by atoms with Crippen LogP contribution in [-0.4, -0.2) is 60.1 Å². The van der Waals surface area contributed by atoms with Gasteiger partial charge in [-0.05, 0) is 31.2 Å². The minimum absolute atomic E-state index is 0.0717. The number of aryl methyl sites for hydroxylation is 1. The number of esters is 1. The van der Waals surface area contributed by atoms with Crippen LogP contribution in [0.5, 0.6) is 0 Å². The van der Waals surface area contributed by atoms with Crippen molar-refractivity contribution in [3.05, 3.63) is 83.8 Å². The van der Waals surface area contributed by atoms with Gasteiger partial charge in [-0.2, -0.15) is 15.0 Å². The number of carbonyl (C=O) groups excluding carboxylic acids is 1. The van der Waals surface area contributed by atoms with Gasteiger partial charge >= 0.3 is 5.97 Å². The second-order valence-corrected chi connectivity index (χ2v) is 7.32. The molecule has 0 amide bonds. The van der Waals surface area contributed by atoms with Crippen LogP contribution >= 0.6 is 0 Å². The van der Waals surface area contributed by atoms with Crippen molar-refractivity contribution >= 4 is 16.9 Å². The molecule has 0 bridgehead atoms. The second kappa shape index (κ2) is 9.23. The van der Waals surface area contributed by atoms with Crippen LogP contribution in [-0.2, 0) is 4.74 Å². The number of pyridine rings is 1. The monoisotopic (exact) mass is 434 g/mol. The Hall–Kier alpha value is -3.66. The highest BCUT2D eigenvalue weighted by molar-refractivity contribution is 6.03. The van der Waals surface area contributed by atoms with Crippen molar-refractivity contribution in [3.8, 4) is 5.69 Å². The predicted octanol–water partition coefficient (Wildman–Crippen LogP) is 1.74. The molecule has 2 aromatic heterocycles. The molecule has 32 heavy (non-hydrogen) atoms. The van der Waals surface area contributed by atoms with Crippen molar-refractivity contribution in [1.82, 2.24) is 20.0 Å². The number of aliphatic hydroxyl groups is 3. The zero-order valence-electron chi connectivity index (χ0n) is 17.2. The number of carbonyl (C=O) groups is 1. The van der Waals surface area contributed by atoms with Crippen LogP contribution in [0.25, 0.3) is 16.6 Å². The number of aromatic nitrogens is 4. The molecule has 0 aliphatic rings. The standard InChI is InChI=1S/C23H22N4O5/c1-14-11-17(16-9-5-6-10-18(16)25-14)23(31)32-13-20(28)22(30)21(29)19-12-24-27(26-19)15-7-3-2-4-8-15/h2-12,20-22,28-30H,13H2,1H3/t20-,21+,22+/m0/s1. The topological polar surface area (TPSA) is 131 Å². The molecule has 3 N–H and O–H groups in total. The fraction of sp³-hybridized carbons (Fsp3) is 0.217. The van der Waals surface area contributed by atoms with Gasteiger partial charge in [-0.25, -0.2) is 4.79 Å². The van der Waals surface area contributed by atoms with Crippen LogP contribution < -0.4 is 0 Å². The van der Waals surface area contributed by atoms with E-state index in [2.05, 4.69) is 15.2 Å². The molecule has 0 unspecified atom stereocenters. The van der Waals surface area contributed by atoms with E-state index in [0.717, 1.165) is 0 Å². The third-order valence-electron chi connectivity index (χ3n) is 4.97. The lowest BCUT2D eigenvalue weighted by Crippen LogP contribution is -2.36. The van der Waals surface area contributed by atoms with Gasteiger partial charge in [0.25, 0.3) is 0 Å². The van der Waals surface area contributed by atoms with E-state index in [4.69, 9.17) is 4.74 Å². The molecule has 2 heterocycles. The first-order valence-corrected chi connectivity index (χ1v) is 9.99. The Kier molecular flexibility index (Phi) is 6.22. The molecule has 9 heteroatoms. The SMILES string of the molecule is Cc1cc(C(=O)OC[C@H](O)[C@@H](O)[C@H](O)c2cnn(-c3ccccc3)n2)c2ccccc2n1. The van der Waals surface area contributed by atoms with E-state index < -0.39 is 30.9 Å². The van der Waals surface area contributed by atoms with Gasteiger partial charge in [0.1, 0.15) is 30.6 Å². The van der Waals surface area contributed by atoms with E-state index in [-0.39, 0.29) is 5.69 Å². The van der Waals surface area contributed by atoms with E-state index >= 15 is 0 Å².